The third-order valence-corrected chi connectivity index (χ3v) is 6.45. The maximum absolute atomic E-state index is 12.4. The quantitative estimate of drug-likeness (QED) is 0.798. The van der Waals surface area contributed by atoms with E-state index < -0.39 is 0 Å². The fraction of sp³-hybridized carbons (Fsp3) is 0.950. The molecule has 0 aromatic heterocycles. The number of carbonyl (C=O) groups is 1. The van der Waals surface area contributed by atoms with Crippen LogP contribution >= 0.6 is 0 Å². The zero-order valence-corrected chi connectivity index (χ0v) is 14.9. The lowest BCUT2D eigenvalue weighted by molar-refractivity contribution is -0.122. The molecule has 1 heterocycles. The number of rotatable bonds is 6. The molecule has 1 amide bonds. The Labute approximate surface area is 142 Å². The number of hydrogen-bond donors (Lipinski definition) is 1. The molecule has 0 spiro atoms. The van der Waals surface area contributed by atoms with E-state index in [1.54, 1.807) is 0 Å². The summed E-state index contributed by atoms with van der Waals surface area (Å²) in [6.07, 6.45) is 16.7. The van der Waals surface area contributed by atoms with Gasteiger partial charge >= 0.3 is 0 Å². The van der Waals surface area contributed by atoms with E-state index in [9.17, 15) is 4.79 Å². The van der Waals surface area contributed by atoms with Crippen molar-refractivity contribution in [1.29, 1.82) is 0 Å². The first kappa shape index (κ1) is 17.3. The van der Waals surface area contributed by atoms with E-state index in [-0.39, 0.29) is 0 Å². The van der Waals surface area contributed by atoms with Crippen molar-refractivity contribution in [3.8, 4) is 0 Å². The lowest BCUT2D eigenvalue weighted by Crippen LogP contribution is -2.47. The van der Waals surface area contributed by atoms with Crippen molar-refractivity contribution in [2.24, 2.45) is 11.8 Å². The van der Waals surface area contributed by atoms with Gasteiger partial charge in [-0.1, -0.05) is 44.9 Å². The van der Waals surface area contributed by atoms with E-state index in [0.717, 1.165) is 18.8 Å². The predicted octanol–water partition coefficient (Wildman–Crippen LogP) is 4.12. The third-order valence-electron chi connectivity index (χ3n) is 6.45. The second-order valence-electron chi connectivity index (χ2n) is 8.27. The summed E-state index contributed by atoms with van der Waals surface area (Å²) < 4.78 is 0. The third kappa shape index (κ3) is 5.48. The molecule has 1 saturated heterocycles. The molecule has 3 rings (SSSR count). The first-order valence-corrected chi connectivity index (χ1v) is 10.3. The predicted molar refractivity (Wildman–Crippen MR) is 95.4 cm³/mol. The topological polar surface area (TPSA) is 32.3 Å². The van der Waals surface area contributed by atoms with Crippen molar-refractivity contribution in [1.82, 2.24) is 10.2 Å². The van der Waals surface area contributed by atoms with Gasteiger partial charge in [0.15, 0.2) is 0 Å². The molecule has 2 aliphatic carbocycles. The van der Waals surface area contributed by atoms with Crippen molar-refractivity contribution in [3.05, 3.63) is 0 Å². The Morgan fingerprint density at radius 1 is 0.870 bits per heavy atom. The van der Waals surface area contributed by atoms with Crippen molar-refractivity contribution >= 4 is 5.91 Å². The van der Waals surface area contributed by atoms with Crippen LogP contribution in [-0.4, -0.2) is 36.5 Å². The van der Waals surface area contributed by atoms with Crippen LogP contribution in [-0.2, 0) is 4.79 Å². The van der Waals surface area contributed by atoms with Gasteiger partial charge in [0.1, 0.15) is 0 Å². The summed E-state index contributed by atoms with van der Waals surface area (Å²) in [4.78, 5) is 15.0. The fourth-order valence-corrected chi connectivity index (χ4v) is 5.00. The first-order valence-electron chi connectivity index (χ1n) is 10.3. The highest BCUT2D eigenvalue weighted by atomic mass is 16.1. The minimum atomic E-state index is 0.326. The zero-order valence-electron chi connectivity index (χ0n) is 14.9. The number of piperidine rings is 1. The average molecular weight is 321 g/mol. The van der Waals surface area contributed by atoms with Gasteiger partial charge in [0.25, 0.3) is 0 Å². The second-order valence-corrected chi connectivity index (χ2v) is 8.27. The Kier molecular flexibility index (Phi) is 6.79. The molecule has 1 N–H and O–H groups in total. The maximum Gasteiger partial charge on any atom is 0.220 e. The molecule has 2 atom stereocenters. The van der Waals surface area contributed by atoms with Gasteiger partial charge in [-0.05, 0) is 57.0 Å². The monoisotopic (exact) mass is 320 g/mol. The minimum Gasteiger partial charge on any atom is -0.353 e. The molecule has 0 bridgehead atoms. The number of nitrogens with zero attached hydrogens (tertiary/aromatic N) is 1. The highest BCUT2D eigenvalue weighted by Gasteiger charge is 2.28. The van der Waals surface area contributed by atoms with Crippen LogP contribution in [0.3, 0.4) is 0 Å². The Bertz CT molecular complexity index is 359. The Balaban J connectivity index is 1.42. The smallest absolute Gasteiger partial charge is 0.220 e. The van der Waals surface area contributed by atoms with Gasteiger partial charge in [-0.15, -0.1) is 0 Å². The van der Waals surface area contributed by atoms with Crippen LogP contribution in [0.25, 0.3) is 0 Å². The van der Waals surface area contributed by atoms with Crippen molar-refractivity contribution < 1.29 is 4.79 Å². The Hall–Kier alpha value is -0.570. The van der Waals surface area contributed by atoms with Crippen LogP contribution in [0.15, 0.2) is 0 Å². The van der Waals surface area contributed by atoms with Gasteiger partial charge in [-0.3, -0.25) is 4.79 Å². The molecule has 2 saturated carbocycles. The van der Waals surface area contributed by atoms with Crippen LogP contribution in [0.1, 0.15) is 83.5 Å². The summed E-state index contributed by atoms with van der Waals surface area (Å²) in [6, 6.07) is 0.446. The van der Waals surface area contributed by atoms with Crippen molar-refractivity contribution in [2.75, 3.05) is 19.6 Å². The molecule has 0 radical (unpaired) electrons. The molecule has 1 unspecified atom stereocenters. The number of hydrogen-bond acceptors (Lipinski definition) is 2. The van der Waals surface area contributed by atoms with Crippen LogP contribution in [0.4, 0.5) is 0 Å². The van der Waals surface area contributed by atoms with E-state index in [2.05, 4.69) is 10.2 Å². The maximum atomic E-state index is 12.4. The number of likely N-dealkylation sites (tertiary alicyclic amines) is 1. The average Bonchev–Trinajstić information content (AvgIpc) is 3.09. The van der Waals surface area contributed by atoms with Gasteiger partial charge in [0.05, 0.1) is 0 Å². The standard InChI is InChI=1S/C20H36N2O/c23-20(13-12-17-8-2-3-9-17)21-19-11-5-4-10-18(19)16-22-14-6-1-7-15-22/h17-19H,1-16H2,(H,21,23)/t18-,19?/m0/s1. The molecule has 132 valence electrons. The molecule has 0 aromatic carbocycles. The molecule has 3 heteroatoms. The van der Waals surface area contributed by atoms with Gasteiger partial charge in [-0.2, -0.15) is 0 Å². The van der Waals surface area contributed by atoms with Gasteiger partial charge in [-0.25, -0.2) is 0 Å². The van der Waals surface area contributed by atoms with Crippen molar-refractivity contribution in [2.45, 2.75) is 89.5 Å². The number of nitrogens with one attached hydrogen (secondary N) is 1. The van der Waals surface area contributed by atoms with Crippen LogP contribution in [0, 0.1) is 11.8 Å². The molecule has 0 aromatic rings. The molecule has 1 aliphatic heterocycles. The Morgan fingerprint density at radius 2 is 1.57 bits per heavy atom. The van der Waals surface area contributed by atoms with Crippen LogP contribution in [0.2, 0.25) is 0 Å². The van der Waals surface area contributed by atoms with E-state index >= 15 is 0 Å². The summed E-state index contributed by atoms with van der Waals surface area (Å²) in [5.41, 5.74) is 0. The fourth-order valence-electron chi connectivity index (χ4n) is 5.00. The van der Waals surface area contributed by atoms with Crippen molar-refractivity contribution in [3.63, 3.8) is 0 Å². The minimum absolute atomic E-state index is 0.326. The first-order chi connectivity index (χ1) is 11.3. The molecule has 3 fully saturated rings. The highest BCUT2D eigenvalue weighted by molar-refractivity contribution is 5.76. The van der Waals surface area contributed by atoms with Crippen LogP contribution in [0.5, 0.6) is 0 Å². The number of carbonyl (C=O) groups excluding carboxylic acids is 1. The normalized spacial score (nSPS) is 30.4. The van der Waals surface area contributed by atoms with Gasteiger partial charge in [0, 0.05) is 19.0 Å². The number of amides is 1. The summed E-state index contributed by atoms with van der Waals surface area (Å²) in [6.45, 7) is 3.77. The second kappa shape index (κ2) is 9.05. The van der Waals surface area contributed by atoms with Crippen LogP contribution < -0.4 is 5.32 Å². The molecule has 3 aliphatic rings. The highest BCUT2D eigenvalue weighted by Crippen LogP contribution is 2.29. The molecule has 3 nitrogen and oxygen atoms in total. The summed E-state index contributed by atoms with van der Waals surface area (Å²) >= 11 is 0. The van der Waals surface area contributed by atoms with Gasteiger partial charge in [0.2, 0.25) is 5.91 Å². The SMILES string of the molecule is O=C(CCC1CCCC1)NC1CCCC[C@H]1CN1CCCCC1. The van der Waals surface area contributed by atoms with Gasteiger partial charge < -0.3 is 10.2 Å². The summed E-state index contributed by atoms with van der Waals surface area (Å²) in [5.74, 6) is 1.85. The van der Waals surface area contributed by atoms with E-state index in [4.69, 9.17) is 0 Å². The zero-order chi connectivity index (χ0) is 15.9. The van der Waals surface area contributed by atoms with E-state index in [0.29, 0.717) is 17.9 Å². The summed E-state index contributed by atoms with van der Waals surface area (Å²) in [7, 11) is 0. The molecular weight excluding hydrogens is 284 g/mol. The molecular formula is C20H36N2O. The lowest BCUT2D eigenvalue weighted by atomic mass is 9.83. The molecule has 23 heavy (non-hydrogen) atoms. The largest absolute Gasteiger partial charge is 0.353 e. The lowest BCUT2D eigenvalue weighted by Gasteiger charge is -2.37. The van der Waals surface area contributed by atoms with E-state index in [1.807, 2.05) is 0 Å². The Morgan fingerprint density at radius 3 is 2.35 bits per heavy atom. The van der Waals surface area contributed by atoms with E-state index in [1.165, 1.54) is 90.3 Å². The summed E-state index contributed by atoms with van der Waals surface area (Å²) in [5, 5.41) is 3.42.